The van der Waals surface area contributed by atoms with Crippen molar-refractivity contribution in [1.82, 2.24) is 5.32 Å². The molecule has 0 saturated heterocycles. The molecule has 1 N–H and O–H groups in total. The summed E-state index contributed by atoms with van der Waals surface area (Å²) in [5.74, 6) is 0.501. The molecule has 112 valence electrons. The Morgan fingerprint density at radius 2 is 1.62 bits per heavy atom. The Morgan fingerprint density at radius 3 is 2.24 bits per heavy atom. The Bertz CT molecular complexity index is 560. The summed E-state index contributed by atoms with van der Waals surface area (Å²) in [6, 6.07) is 15.6. The smallest absolute Gasteiger partial charge is 0.123 e. The first-order valence-corrected chi connectivity index (χ1v) is 7.61. The highest BCUT2D eigenvalue weighted by Crippen LogP contribution is 2.15. The number of halogens is 1. The maximum absolute atomic E-state index is 13.2. The zero-order valence-corrected chi connectivity index (χ0v) is 13.1. The topological polar surface area (TPSA) is 12.0 Å². The lowest BCUT2D eigenvalue weighted by molar-refractivity contribution is 0.565. The average molecular weight is 285 g/mol. The molecule has 0 amide bonds. The molecule has 0 aliphatic carbocycles. The van der Waals surface area contributed by atoms with Crippen LogP contribution in [0.2, 0.25) is 0 Å². The molecule has 0 spiro atoms. The molecule has 0 heterocycles. The molecule has 2 rings (SSSR count). The van der Waals surface area contributed by atoms with Gasteiger partial charge in [-0.05, 0) is 48.1 Å². The minimum atomic E-state index is -0.181. The predicted molar refractivity (Wildman–Crippen MR) is 86.6 cm³/mol. The van der Waals surface area contributed by atoms with Crippen LogP contribution < -0.4 is 5.32 Å². The molecular formula is C19H24FN. The summed E-state index contributed by atoms with van der Waals surface area (Å²) < 4.78 is 13.2. The van der Waals surface area contributed by atoms with E-state index >= 15 is 0 Å². The van der Waals surface area contributed by atoms with Gasteiger partial charge in [-0.25, -0.2) is 4.39 Å². The second-order valence-electron chi connectivity index (χ2n) is 6.07. The number of hydrogen-bond acceptors (Lipinski definition) is 1. The molecule has 0 radical (unpaired) electrons. The van der Waals surface area contributed by atoms with Crippen LogP contribution in [0.4, 0.5) is 4.39 Å². The van der Waals surface area contributed by atoms with E-state index in [0.717, 1.165) is 18.5 Å². The van der Waals surface area contributed by atoms with Crippen LogP contribution in [0.15, 0.2) is 48.5 Å². The van der Waals surface area contributed by atoms with Crippen molar-refractivity contribution in [3.05, 3.63) is 71.0 Å². The van der Waals surface area contributed by atoms with Gasteiger partial charge in [0.25, 0.3) is 0 Å². The van der Waals surface area contributed by atoms with Crippen LogP contribution in [0, 0.1) is 11.7 Å². The standard InChI is InChI=1S/C19H24FN/c1-14(2)11-16-7-9-17(10-8-16)13-21-15(3)18-5-4-6-19(20)12-18/h4-10,12,14-15,21H,11,13H2,1-3H3/t15-/m1/s1. The van der Waals surface area contributed by atoms with Crippen LogP contribution >= 0.6 is 0 Å². The normalized spacial score (nSPS) is 12.6. The first-order valence-electron chi connectivity index (χ1n) is 7.61. The van der Waals surface area contributed by atoms with Gasteiger partial charge in [-0.2, -0.15) is 0 Å². The van der Waals surface area contributed by atoms with Crippen LogP contribution in [-0.2, 0) is 13.0 Å². The van der Waals surface area contributed by atoms with Crippen molar-refractivity contribution in [3.63, 3.8) is 0 Å². The summed E-state index contributed by atoms with van der Waals surface area (Å²) in [4.78, 5) is 0. The van der Waals surface area contributed by atoms with E-state index in [2.05, 4.69) is 50.4 Å². The molecule has 0 aromatic heterocycles. The molecule has 2 aromatic rings. The summed E-state index contributed by atoms with van der Waals surface area (Å²) >= 11 is 0. The fourth-order valence-corrected chi connectivity index (χ4v) is 2.43. The van der Waals surface area contributed by atoms with Gasteiger partial charge in [-0.15, -0.1) is 0 Å². The minimum absolute atomic E-state index is 0.135. The molecule has 0 aliphatic heterocycles. The number of nitrogens with one attached hydrogen (secondary N) is 1. The second-order valence-corrected chi connectivity index (χ2v) is 6.07. The summed E-state index contributed by atoms with van der Waals surface area (Å²) in [6.45, 7) is 7.31. The van der Waals surface area contributed by atoms with Crippen molar-refractivity contribution in [3.8, 4) is 0 Å². The first kappa shape index (κ1) is 15.7. The van der Waals surface area contributed by atoms with Gasteiger partial charge in [-0.3, -0.25) is 0 Å². The van der Waals surface area contributed by atoms with Gasteiger partial charge in [0.2, 0.25) is 0 Å². The Balaban J connectivity index is 1.90. The van der Waals surface area contributed by atoms with Crippen molar-refractivity contribution in [2.24, 2.45) is 5.92 Å². The van der Waals surface area contributed by atoms with Crippen LogP contribution in [0.5, 0.6) is 0 Å². The van der Waals surface area contributed by atoms with Crippen LogP contribution in [-0.4, -0.2) is 0 Å². The lowest BCUT2D eigenvalue weighted by Crippen LogP contribution is -2.18. The summed E-state index contributed by atoms with van der Waals surface area (Å²) in [5.41, 5.74) is 3.61. The van der Waals surface area contributed by atoms with E-state index in [0.29, 0.717) is 5.92 Å². The highest BCUT2D eigenvalue weighted by Gasteiger charge is 2.06. The minimum Gasteiger partial charge on any atom is -0.306 e. The quantitative estimate of drug-likeness (QED) is 0.798. The number of benzene rings is 2. The molecule has 0 bridgehead atoms. The Labute approximate surface area is 127 Å². The zero-order valence-electron chi connectivity index (χ0n) is 13.1. The van der Waals surface area contributed by atoms with Gasteiger partial charge >= 0.3 is 0 Å². The highest BCUT2D eigenvalue weighted by molar-refractivity contribution is 5.24. The largest absolute Gasteiger partial charge is 0.306 e. The third-order valence-corrected chi connectivity index (χ3v) is 3.63. The lowest BCUT2D eigenvalue weighted by atomic mass is 10.0. The van der Waals surface area contributed by atoms with E-state index in [1.165, 1.54) is 17.2 Å². The molecule has 0 saturated carbocycles. The second kappa shape index (κ2) is 7.37. The molecule has 0 unspecified atom stereocenters. The van der Waals surface area contributed by atoms with E-state index in [1.54, 1.807) is 12.1 Å². The van der Waals surface area contributed by atoms with Gasteiger partial charge in [0.05, 0.1) is 0 Å². The first-order chi connectivity index (χ1) is 10.0. The molecular weight excluding hydrogens is 261 g/mol. The van der Waals surface area contributed by atoms with Crippen molar-refractivity contribution < 1.29 is 4.39 Å². The van der Waals surface area contributed by atoms with E-state index in [-0.39, 0.29) is 11.9 Å². The third kappa shape index (κ3) is 4.98. The molecule has 0 aliphatic rings. The Kier molecular flexibility index (Phi) is 5.51. The van der Waals surface area contributed by atoms with Crippen LogP contribution in [0.25, 0.3) is 0 Å². The van der Waals surface area contributed by atoms with Crippen molar-refractivity contribution in [2.45, 2.75) is 39.8 Å². The third-order valence-electron chi connectivity index (χ3n) is 3.63. The summed E-state index contributed by atoms with van der Waals surface area (Å²) in [7, 11) is 0. The van der Waals surface area contributed by atoms with E-state index < -0.39 is 0 Å². The average Bonchev–Trinajstić information content (AvgIpc) is 2.45. The van der Waals surface area contributed by atoms with E-state index in [9.17, 15) is 4.39 Å². The van der Waals surface area contributed by atoms with Gasteiger partial charge in [0.15, 0.2) is 0 Å². The molecule has 1 nitrogen and oxygen atoms in total. The fourth-order valence-electron chi connectivity index (χ4n) is 2.43. The predicted octanol–water partition coefficient (Wildman–Crippen LogP) is 4.88. The van der Waals surface area contributed by atoms with Crippen LogP contribution in [0.1, 0.15) is 43.5 Å². The maximum atomic E-state index is 13.2. The van der Waals surface area contributed by atoms with E-state index in [4.69, 9.17) is 0 Å². The zero-order chi connectivity index (χ0) is 15.2. The molecule has 21 heavy (non-hydrogen) atoms. The van der Waals surface area contributed by atoms with Crippen molar-refractivity contribution in [2.75, 3.05) is 0 Å². The molecule has 2 aromatic carbocycles. The van der Waals surface area contributed by atoms with Gasteiger partial charge < -0.3 is 5.32 Å². The lowest BCUT2D eigenvalue weighted by Gasteiger charge is -2.15. The monoisotopic (exact) mass is 285 g/mol. The summed E-state index contributed by atoms with van der Waals surface area (Å²) in [6.07, 6.45) is 1.12. The SMILES string of the molecule is CC(C)Cc1ccc(CN[C@H](C)c2cccc(F)c2)cc1. The summed E-state index contributed by atoms with van der Waals surface area (Å²) in [5, 5.41) is 3.44. The molecule has 2 heteroatoms. The van der Waals surface area contributed by atoms with Crippen molar-refractivity contribution in [1.29, 1.82) is 0 Å². The highest BCUT2D eigenvalue weighted by atomic mass is 19.1. The van der Waals surface area contributed by atoms with Gasteiger partial charge in [-0.1, -0.05) is 50.2 Å². The van der Waals surface area contributed by atoms with Crippen molar-refractivity contribution >= 4 is 0 Å². The number of hydrogen-bond donors (Lipinski definition) is 1. The molecule has 1 atom stereocenters. The Morgan fingerprint density at radius 1 is 0.952 bits per heavy atom. The van der Waals surface area contributed by atoms with Crippen LogP contribution in [0.3, 0.4) is 0 Å². The Hall–Kier alpha value is -1.67. The molecule has 0 fully saturated rings. The fraction of sp³-hybridized carbons (Fsp3) is 0.368. The van der Waals surface area contributed by atoms with Gasteiger partial charge in [0.1, 0.15) is 5.82 Å². The maximum Gasteiger partial charge on any atom is 0.123 e. The van der Waals surface area contributed by atoms with E-state index in [1.807, 2.05) is 6.07 Å². The number of rotatable bonds is 6. The van der Waals surface area contributed by atoms with Gasteiger partial charge in [0, 0.05) is 12.6 Å².